The van der Waals surface area contributed by atoms with E-state index in [4.69, 9.17) is 4.74 Å². The maximum Gasteiger partial charge on any atom is 0.308 e. The van der Waals surface area contributed by atoms with Gasteiger partial charge in [0.05, 0.1) is 5.56 Å². The van der Waals surface area contributed by atoms with Gasteiger partial charge in [-0.15, -0.1) is 10.2 Å². The van der Waals surface area contributed by atoms with Crippen LogP contribution < -0.4 is 10.1 Å². The summed E-state index contributed by atoms with van der Waals surface area (Å²) >= 11 is 2.66. The van der Waals surface area contributed by atoms with E-state index in [9.17, 15) is 14.0 Å². The topological polar surface area (TPSA) is 81.2 Å². The standard InChI is InChI=1S/C18H14FN3O3S2/c1-11(23)25-15-5-3-2-4-14(15)16(24)20-17-21-22-18(27-17)26-10-12-6-8-13(19)9-7-12/h2-9H,10H2,1H3,(H,20,21,24). The van der Waals surface area contributed by atoms with Crippen molar-refractivity contribution in [2.24, 2.45) is 0 Å². The molecule has 6 nitrogen and oxygen atoms in total. The van der Waals surface area contributed by atoms with Crippen LogP contribution in [-0.2, 0) is 10.5 Å². The molecule has 0 unspecified atom stereocenters. The lowest BCUT2D eigenvalue weighted by atomic mass is 10.2. The summed E-state index contributed by atoms with van der Waals surface area (Å²) in [6, 6.07) is 12.7. The largest absolute Gasteiger partial charge is 0.426 e. The molecular formula is C18H14FN3O3S2. The number of nitrogens with zero attached hydrogens (tertiary/aromatic N) is 2. The van der Waals surface area contributed by atoms with E-state index < -0.39 is 11.9 Å². The fraction of sp³-hybridized carbons (Fsp3) is 0.111. The fourth-order valence-corrected chi connectivity index (χ4v) is 3.81. The number of halogens is 1. The molecule has 0 bridgehead atoms. The average Bonchev–Trinajstić information content (AvgIpc) is 3.08. The SMILES string of the molecule is CC(=O)Oc1ccccc1C(=O)Nc1nnc(SCc2ccc(F)cc2)s1. The molecule has 0 saturated carbocycles. The molecule has 0 atom stereocenters. The third-order valence-corrected chi connectivity index (χ3v) is 5.33. The zero-order valence-corrected chi connectivity index (χ0v) is 15.8. The van der Waals surface area contributed by atoms with Crippen molar-refractivity contribution in [3.63, 3.8) is 0 Å². The Hall–Kier alpha value is -2.78. The molecule has 0 radical (unpaired) electrons. The molecule has 1 N–H and O–H groups in total. The number of carbonyl (C=O) groups excluding carboxylic acids is 2. The minimum Gasteiger partial charge on any atom is -0.426 e. The number of esters is 1. The van der Waals surface area contributed by atoms with Crippen LogP contribution in [-0.4, -0.2) is 22.1 Å². The first kappa shape index (κ1) is 19.0. The van der Waals surface area contributed by atoms with E-state index in [1.165, 1.54) is 42.2 Å². The van der Waals surface area contributed by atoms with Crippen molar-refractivity contribution < 1.29 is 18.7 Å². The molecule has 3 rings (SSSR count). The van der Waals surface area contributed by atoms with Gasteiger partial charge in [-0.25, -0.2) is 4.39 Å². The first-order valence-electron chi connectivity index (χ1n) is 7.81. The summed E-state index contributed by atoms with van der Waals surface area (Å²) in [5.41, 5.74) is 1.18. The highest BCUT2D eigenvalue weighted by Gasteiger charge is 2.16. The summed E-state index contributed by atoms with van der Waals surface area (Å²) in [5.74, 6) is -0.446. The smallest absolute Gasteiger partial charge is 0.308 e. The zero-order valence-electron chi connectivity index (χ0n) is 14.1. The number of nitrogens with one attached hydrogen (secondary N) is 1. The van der Waals surface area contributed by atoms with Crippen molar-refractivity contribution in [3.05, 3.63) is 65.5 Å². The number of carbonyl (C=O) groups is 2. The van der Waals surface area contributed by atoms with E-state index in [-0.39, 0.29) is 17.1 Å². The Balaban J connectivity index is 1.63. The van der Waals surface area contributed by atoms with Crippen molar-refractivity contribution in [3.8, 4) is 5.75 Å². The van der Waals surface area contributed by atoms with E-state index in [0.29, 0.717) is 15.2 Å². The number of rotatable bonds is 6. The third-order valence-electron chi connectivity index (χ3n) is 3.29. The van der Waals surface area contributed by atoms with Gasteiger partial charge in [0, 0.05) is 12.7 Å². The van der Waals surface area contributed by atoms with Gasteiger partial charge in [-0.2, -0.15) is 0 Å². The van der Waals surface area contributed by atoms with Crippen LogP contribution in [0.5, 0.6) is 5.75 Å². The van der Waals surface area contributed by atoms with Gasteiger partial charge in [0.25, 0.3) is 5.91 Å². The van der Waals surface area contributed by atoms with Crippen molar-refractivity contribution >= 4 is 40.1 Å². The average molecular weight is 403 g/mol. The highest BCUT2D eigenvalue weighted by molar-refractivity contribution is 8.00. The molecule has 3 aromatic rings. The molecule has 1 amide bonds. The van der Waals surface area contributed by atoms with Crippen LogP contribution in [0, 0.1) is 5.82 Å². The van der Waals surface area contributed by atoms with E-state index >= 15 is 0 Å². The van der Waals surface area contributed by atoms with E-state index in [1.807, 2.05) is 0 Å². The predicted molar refractivity (Wildman–Crippen MR) is 102 cm³/mol. The van der Waals surface area contributed by atoms with Crippen LogP contribution in [0.25, 0.3) is 0 Å². The van der Waals surface area contributed by atoms with Crippen molar-refractivity contribution in [1.82, 2.24) is 10.2 Å². The van der Waals surface area contributed by atoms with E-state index in [2.05, 4.69) is 15.5 Å². The first-order chi connectivity index (χ1) is 13.0. The van der Waals surface area contributed by atoms with E-state index in [1.54, 1.807) is 36.4 Å². The summed E-state index contributed by atoms with van der Waals surface area (Å²) < 4.78 is 18.6. The molecule has 1 aromatic heterocycles. The van der Waals surface area contributed by atoms with Gasteiger partial charge in [0.2, 0.25) is 5.13 Å². The maximum atomic E-state index is 12.9. The summed E-state index contributed by atoms with van der Waals surface area (Å²) in [6.45, 7) is 1.27. The summed E-state index contributed by atoms with van der Waals surface area (Å²) in [7, 11) is 0. The second-order valence-corrected chi connectivity index (χ2v) is 7.53. The van der Waals surface area contributed by atoms with Crippen LogP contribution in [0.2, 0.25) is 0 Å². The quantitative estimate of drug-likeness (QED) is 0.288. The minimum absolute atomic E-state index is 0.179. The molecule has 0 aliphatic rings. The van der Waals surface area contributed by atoms with Crippen molar-refractivity contribution in [1.29, 1.82) is 0 Å². The molecule has 9 heteroatoms. The highest BCUT2D eigenvalue weighted by atomic mass is 32.2. The van der Waals surface area contributed by atoms with Crippen LogP contribution in [0.4, 0.5) is 9.52 Å². The van der Waals surface area contributed by atoms with Gasteiger partial charge < -0.3 is 4.74 Å². The molecule has 0 aliphatic heterocycles. The summed E-state index contributed by atoms with van der Waals surface area (Å²) in [5, 5.41) is 11.0. The Morgan fingerprint density at radius 1 is 1.15 bits per heavy atom. The lowest BCUT2D eigenvalue weighted by Gasteiger charge is -2.07. The highest BCUT2D eigenvalue weighted by Crippen LogP contribution is 2.29. The molecule has 1 heterocycles. The lowest BCUT2D eigenvalue weighted by molar-refractivity contribution is -0.131. The van der Waals surface area contributed by atoms with Gasteiger partial charge in [0.1, 0.15) is 11.6 Å². The van der Waals surface area contributed by atoms with Crippen LogP contribution in [0.3, 0.4) is 0 Å². The number of hydrogen-bond donors (Lipinski definition) is 1. The number of amides is 1. The van der Waals surface area contributed by atoms with Crippen molar-refractivity contribution in [2.45, 2.75) is 17.0 Å². The molecular weight excluding hydrogens is 389 g/mol. The van der Waals surface area contributed by atoms with Gasteiger partial charge in [-0.3, -0.25) is 14.9 Å². The molecule has 0 spiro atoms. The lowest BCUT2D eigenvalue weighted by Crippen LogP contribution is -2.14. The Morgan fingerprint density at radius 2 is 1.89 bits per heavy atom. The number of ether oxygens (including phenoxy) is 1. The Labute approximate surface area is 162 Å². The fourth-order valence-electron chi connectivity index (χ4n) is 2.11. The van der Waals surface area contributed by atoms with Crippen LogP contribution >= 0.6 is 23.1 Å². The second-order valence-electron chi connectivity index (χ2n) is 5.33. The van der Waals surface area contributed by atoms with Crippen LogP contribution in [0.15, 0.2) is 52.9 Å². The number of para-hydroxylation sites is 1. The Kier molecular flexibility index (Phi) is 6.15. The number of thioether (sulfide) groups is 1. The molecule has 0 fully saturated rings. The monoisotopic (exact) mass is 403 g/mol. The number of aromatic nitrogens is 2. The van der Waals surface area contributed by atoms with Gasteiger partial charge in [-0.05, 0) is 29.8 Å². The Morgan fingerprint density at radius 3 is 2.63 bits per heavy atom. The minimum atomic E-state index is -0.509. The third kappa shape index (κ3) is 5.35. The second kappa shape index (κ2) is 8.74. The molecule has 2 aromatic carbocycles. The van der Waals surface area contributed by atoms with Gasteiger partial charge >= 0.3 is 5.97 Å². The van der Waals surface area contributed by atoms with E-state index in [0.717, 1.165) is 5.56 Å². The molecule has 0 aliphatic carbocycles. The number of benzene rings is 2. The molecule has 138 valence electrons. The number of hydrogen-bond acceptors (Lipinski definition) is 7. The molecule has 0 saturated heterocycles. The van der Waals surface area contributed by atoms with Crippen molar-refractivity contribution in [2.75, 3.05) is 5.32 Å². The summed E-state index contributed by atoms with van der Waals surface area (Å²) in [6.07, 6.45) is 0. The summed E-state index contributed by atoms with van der Waals surface area (Å²) in [4.78, 5) is 23.6. The molecule has 27 heavy (non-hydrogen) atoms. The van der Waals surface area contributed by atoms with Gasteiger partial charge in [0.15, 0.2) is 4.34 Å². The van der Waals surface area contributed by atoms with Gasteiger partial charge in [-0.1, -0.05) is 47.4 Å². The van der Waals surface area contributed by atoms with Crippen LogP contribution in [0.1, 0.15) is 22.8 Å². The Bertz CT molecular complexity index is 960. The number of anilines is 1. The first-order valence-corrected chi connectivity index (χ1v) is 9.61. The maximum absolute atomic E-state index is 12.9. The predicted octanol–water partition coefficient (Wildman–Crippen LogP) is 4.15. The normalized spacial score (nSPS) is 10.4. The zero-order chi connectivity index (χ0) is 19.2.